The molecular formula is C32H29N3O4. The molecular weight excluding hydrogens is 490 g/mol. The monoisotopic (exact) mass is 519 g/mol. The van der Waals surface area contributed by atoms with Crippen LogP contribution in [0, 0.1) is 0 Å². The molecule has 1 aliphatic heterocycles. The number of aromatic nitrogens is 2. The number of benzene rings is 3. The van der Waals surface area contributed by atoms with Crippen LogP contribution in [0.25, 0.3) is 23.0 Å². The van der Waals surface area contributed by atoms with Gasteiger partial charge in [-0.1, -0.05) is 71.9 Å². The van der Waals surface area contributed by atoms with Crippen molar-refractivity contribution in [3.05, 3.63) is 119 Å². The first-order valence-corrected chi connectivity index (χ1v) is 12.9. The fourth-order valence-electron chi connectivity index (χ4n) is 5.42. The Balaban J connectivity index is 1.51. The molecule has 1 aromatic heterocycles. The second-order valence-electron chi connectivity index (χ2n) is 9.46. The third-order valence-electron chi connectivity index (χ3n) is 7.20. The molecule has 7 nitrogen and oxygen atoms in total. The fraction of sp³-hybridized carbons (Fsp3) is 0.188. The summed E-state index contributed by atoms with van der Waals surface area (Å²) >= 11 is 0. The first-order chi connectivity index (χ1) is 19.2. The van der Waals surface area contributed by atoms with Crippen LogP contribution in [0.5, 0.6) is 11.5 Å². The molecule has 0 radical (unpaired) electrons. The molecule has 0 bridgehead atoms. The molecule has 39 heavy (non-hydrogen) atoms. The minimum absolute atomic E-state index is 0.237. The van der Waals surface area contributed by atoms with Crippen molar-refractivity contribution in [3.63, 3.8) is 0 Å². The van der Waals surface area contributed by atoms with E-state index in [1.165, 1.54) is 0 Å². The molecule has 1 atom stereocenters. The van der Waals surface area contributed by atoms with E-state index in [1.54, 1.807) is 14.2 Å². The SMILES string of the molecule is COc1ccccc1/C=C1\CCCC2=C1OC(N)=C(c1nc(-c3ccccc3)no1)C2c1ccccc1OC. The maximum Gasteiger partial charge on any atom is 0.260 e. The molecule has 3 aromatic carbocycles. The van der Waals surface area contributed by atoms with E-state index in [-0.39, 0.29) is 11.8 Å². The summed E-state index contributed by atoms with van der Waals surface area (Å²) in [7, 11) is 3.35. The lowest BCUT2D eigenvalue weighted by atomic mass is 9.76. The molecule has 1 aliphatic carbocycles. The van der Waals surface area contributed by atoms with Gasteiger partial charge in [0.25, 0.3) is 5.89 Å². The number of methoxy groups -OCH3 is 2. The van der Waals surface area contributed by atoms with Gasteiger partial charge in [0.1, 0.15) is 17.3 Å². The van der Waals surface area contributed by atoms with Crippen molar-refractivity contribution < 1.29 is 18.7 Å². The van der Waals surface area contributed by atoms with Crippen molar-refractivity contribution in [3.8, 4) is 22.9 Å². The maximum absolute atomic E-state index is 6.70. The largest absolute Gasteiger partial charge is 0.496 e. The van der Waals surface area contributed by atoms with Gasteiger partial charge >= 0.3 is 0 Å². The Kier molecular flexibility index (Phi) is 6.63. The molecule has 0 amide bonds. The van der Waals surface area contributed by atoms with Crippen molar-refractivity contribution in [2.24, 2.45) is 5.73 Å². The van der Waals surface area contributed by atoms with E-state index in [0.29, 0.717) is 17.3 Å². The zero-order chi connectivity index (χ0) is 26.8. The molecule has 2 N–H and O–H groups in total. The predicted octanol–water partition coefficient (Wildman–Crippen LogP) is 6.72. The van der Waals surface area contributed by atoms with Gasteiger partial charge in [-0.25, -0.2) is 0 Å². The number of hydrogen-bond acceptors (Lipinski definition) is 7. The highest BCUT2D eigenvalue weighted by Crippen LogP contribution is 2.51. The van der Waals surface area contributed by atoms with Crippen LogP contribution in [0.3, 0.4) is 0 Å². The Labute approximate surface area is 227 Å². The normalized spacial score (nSPS) is 18.1. The predicted molar refractivity (Wildman–Crippen MR) is 150 cm³/mol. The van der Waals surface area contributed by atoms with E-state index in [2.05, 4.69) is 17.3 Å². The fourth-order valence-corrected chi connectivity index (χ4v) is 5.42. The van der Waals surface area contributed by atoms with E-state index < -0.39 is 0 Å². The van der Waals surface area contributed by atoms with Gasteiger partial charge in [0.15, 0.2) is 0 Å². The van der Waals surface area contributed by atoms with Gasteiger partial charge in [0.05, 0.1) is 19.8 Å². The molecule has 6 rings (SSSR count). The number of para-hydroxylation sites is 2. The minimum Gasteiger partial charge on any atom is -0.496 e. The molecule has 2 heterocycles. The Morgan fingerprint density at radius 1 is 0.872 bits per heavy atom. The number of nitrogens with two attached hydrogens (primary N) is 1. The average molecular weight is 520 g/mol. The van der Waals surface area contributed by atoms with E-state index in [1.807, 2.05) is 72.8 Å². The second-order valence-corrected chi connectivity index (χ2v) is 9.46. The average Bonchev–Trinajstić information content (AvgIpc) is 3.47. The molecule has 7 heteroatoms. The number of hydrogen-bond donors (Lipinski definition) is 1. The van der Waals surface area contributed by atoms with Gasteiger partial charge in [-0.2, -0.15) is 4.98 Å². The molecule has 0 saturated heterocycles. The Bertz CT molecular complexity index is 1600. The zero-order valence-electron chi connectivity index (χ0n) is 21.9. The lowest BCUT2D eigenvalue weighted by molar-refractivity contribution is 0.281. The molecule has 196 valence electrons. The highest BCUT2D eigenvalue weighted by Gasteiger charge is 2.39. The van der Waals surface area contributed by atoms with Crippen molar-refractivity contribution >= 4 is 11.6 Å². The van der Waals surface area contributed by atoms with Crippen LogP contribution in [0.4, 0.5) is 0 Å². The van der Waals surface area contributed by atoms with Crippen LogP contribution in [0.1, 0.15) is 42.2 Å². The minimum atomic E-state index is -0.282. The van der Waals surface area contributed by atoms with E-state index in [9.17, 15) is 0 Å². The Morgan fingerprint density at radius 3 is 2.38 bits per heavy atom. The van der Waals surface area contributed by atoms with Crippen LogP contribution < -0.4 is 15.2 Å². The highest BCUT2D eigenvalue weighted by atomic mass is 16.5. The van der Waals surface area contributed by atoms with E-state index in [0.717, 1.165) is 64.4 Å². The van der Waals surface area contributed by atoms with Gasteiger partial charge in [-0.15, -0.1) is 0 Å². The van der Waals surface area contributed by atoms with Gasteiger partial charge < -0.3 is 24.5 Å². The summed E-state index contributed by atoms with van der Waals surface area (Å²) < 4.78 is 23.6. The molecule has 4 aromatic rings. The summed E-state index contributed by atoms with van der Waals surface area (Å²) in [5.74, 6) is 3.12. The topological polar surface area (TPSA) is 92.6 Å². The molecule has 0 spiro atoms. The van der Waals surface area contributed by atoms with Gasteiger partial charge in [-0.3, -0.25) is 0 Å². The van der Waals surface area contributed by atoms with Crippen molar-refractivity contribution in [1.82, 2.24) is 10.1 Å². The second kappa shape index (κ2) is 10.5. The lowest BCUT2D eigenvalue weighted by Gasteiger charge is -2.34. The van der Waals surface area contributed by atoms with Crippen LogP contribution in [-0.4, -0.2) is 24.4 Å². The van der Waals surface area contributed by atoms with E-state index >= 15 is 0 Å². The van der Waals surface area contributed by atoms with Crippen molar-refractivity contribution in [2.75, 3.05) is 14.2 Å². The molecule has 1 unspecified atom stereocenters. The van der Waals surface area contributed by atoms with Gasteiger partial charge in [-0.05, 0) is 48.6 Å². The van der Waals surface area contributed by atoms with Gasteiger partial charge in [0, 0.05) is 22.6 Å². The summed E-state index contributed by atoms with van der Waals surface area (Å²) in [4.78, 5) is 4.74. The molecule has 0 fully saturated rings. The summed E-state index contributed by atoms with van der Waals surface area (Å²) in [6.45, 7) is 0. The number of nitrogens with zero attached hydrogens (tertiary/aromatic N) is 2. The summed E-state index contributed by atoms with van der Waals surface area (Å²) in [6.07, 6.45) is 4.78. The number of rotatable bonds is 6. The van der Waals surface area contributed by atoms with Crippen LogP contribution in [0.15, 0.2) is 106 Å². The third kappa shape index (κ3) is 4.56. The first kappa shape index (κ1) is 24.6. The Morgan fingerprint density at radius 2 is 1.59 bits per heavy atom. The summed E-state index contributed by atoms with van der Waals surface area (Å²) in [6, 6.07) is 25.6. The highest BCUT2D eigenvalue weighted by molar-refractivity contribution is 5.77. The Hall–Kier alpha value is -4.78. The maximum atomic E-state index is 6.70. The number of allylic oxidation sites excluding steroid dienone is 3. The number of ether oxygens (including phenoxy) is 3. The van der Waals surface area contributed by atoms with Crippen LogP contribution in [0.2, 0.25) is 0 Å². The van der Waals surface area contributed by atoms with E-state index in [4.69, 9.17) is 29.5 Å². The lowest BCUT2D eigenvalue weighted by Crippen LogP contribution is -2.24. The summed E-state index contributed by atoms with van der Waals surface area (Å²) in [5, 5.41) is 4.26. The third-order valence-corrected chi connectivity index (χ3v) is 7.20. The zero-order valence-corrected chi connectivity index (χ0v) is 21.9. The quantitative estimate of drug-likeness (QED) is 0.302. The van der Waals surface area contributed by atoms with Crippen molar-refractivity contribution in [2.45, 2.75) is 25.2 Å². The molecule has 2 aliphatic rings. The molecule has 0 saturated carbocycles. The van der Waals surface area contributed by atoms with Gasteiger partial charge in [0.2, 0.25) is 11.7 Å². The first-order valence-electron chi connectivity index (χ1n) is 12.9. The summed E-state index contributed by atoms with van der Waals surface area (Å²) in [5.41, 5.74) is 12.3. The smallest absolute Gasteiger partial charge is 0.260 e. The standard InChI is InChI=1S/C32H29N3O4/c1-36-25-17-8-6-13-21(25)19-22-14-10-16-24-27(23-15-7-9-18-26(23)37-2)28(30(33)38-29(22)24)32-34-31(35-39-32)20-11-4-3-5-12-20/h3-9,11-13,15,17-19,27H,10,14,16,33H2,1-2H3/b22-19+. The van der Waals surface area contributed by atoms with Crippen LogP contribution >= 0.6 is 0 Å². The van der Waals surface area contributed by atoms with Crippen molar-refractivity contribution in [1.29, 1.82) is 0 Å². The van der Waals surface area contributed by atoms with Crippen LogP contribution in [-0.2, 0) is 4.74 Å².